The average molecular weight is 258 g/mol. The molecule has 0 bridgehead atoms. The minimum Gasteiger partial charge on any atom is -0.398 e. The largest absolute Gasteiger partial charge is 0.398 e. The van der Waals surface area contributed by atoms with Crippen LogP contribution in [0.4, 0.5) is 11.4 Å². The second kappa shape index (κ2) is 5.60. The van der Waals surface area contributed by atoms with Gasteiger partial charge in [0.1, 0.15) is 0 Å². The molecule has 0 atom stereocenters. The highest BCUT2D eigenvalue weighted by molar-refractivity contribution is 7.98. The van der Waals surface area contributed by atoms with E-state index < -0.39 is 0 Å². The van der Waals surface area contributed by atoms with Gasteiger partial charge >= 0.3 is 0 Å². The highest BCUT2D eigenvalue weighted by Gasteiger charge is 2.08. The van der Waals surface area contributed by atoms with E-state index in [9.17, 15) is 4.79 Å². The minimum absolute atomic E-state index is 0.152. The SMILES string of the molecule is CSc1ccc(C(=O)Nc2ccccc2)cc1N. The molecule has 2 aromatic rings. The molecular weight excluding hydrogens is 244 g/mol. The summed E-state index contributed by atoms with van der Waals surface area (Å²) in [6.07, 6.45) is 1.95. The van der Waals surface area contributed by atoms with E-state index in [1.54, 1.807) is 23.9 Å². The summed E-state index contributed by atoms with van der Waals surface area (Å²) in [5.74, 6) is -0.152. The molecule has 0 saturated carbocycles. The molecule has 0 unspecified atom stereocenters. The summed E-state index contributed by atoms with van der Waals surface area (Å²) in [6.45, 7) is 0. The minimum atomic E-state index is -0.152. The van der Waals surface area contributed by atoms with Gasteiger partial charge in [-0.2, -0.15) is 0 Å². The van der Waals surface area contributed by atoms with Crippen molar-refractivity contribution in [2.24, 2.45) is 0 Å². The number of para-hydroxylation sites is 1. The molecule has 0 aromatic heterocycles. The van der Waals surface area contributed by atoms with Crippen LogP contribution in [-0.2, 0) is 0 Å². The standard InChI is InChI=1S/C14H14N2OS/c1-18-13-8-7-10(9-12(13)15)14(17)16-11-5-3-2-4-6-11/h2-9H,15H2,1H3,(H,16,17). The van der Waals surface area contributed by atoms with Gasteiger partial charge in [0.25, 0.3) is 5.91 Å². The Labute approximate surface area is 110 Å². The maximum atomic E-state index is 12.0. The summed E-state index contributed by atoms with van der Waals surface area (Å²) < 4.78 is 0. The molecule has 2 rings (SSSR count). The lowest BCUT2D eigenvalue weighted by Crippen LogP contribution is -2.12. The molecule has 0 aliphatic heterocycles. The van der Waals surface area contributed by atoms with Crippen molar-refractivity contribution in [3.05, 3.63) is 54.1 Å². The smallest absolute Gasteiger partial charge is 0.255 e. The van der Waals surface area contributed by atoms with Gasteiger partial charge in [-0.15, -0.1) is 11.8 Å². The van der Waals surface area contributed by atoms with Crippen molar-refractivity contribution < 1.29 is 4.79 Å². The van der Waals surface area contributed by atoms with Gasteiger partial charge < -0.3 is 11.1 Å². The first-order valence-electron chi connectivity index (χ1n) is 5.50. The zero-order valence-corrected chi connectivity index (χ0v) is 10.8. The molecule has 3 nitrogen and oxygen atoms in total. The van der Waals surface area contributed by atoms with Crippen LogP contribution in [0.15, 0.2) is 53.4 Å². The Kier molecular flexibility index (Phi) is 3.89. The number of amides is 1. The van der Waals surface area contributed by atoms with Gasteiger partial charge in [0, 0.05) is 21.8 Å². The third-order valence-electron chi connectivity index (χ3n) is 2.52. The molecule has 0 heterocycles. The Bertz CT molecular complexity index is 555. The van der Waals surface area contributed by atoms with Crippen LogP contribution in [-0.4, -0.2) is 12.2 Å². The first kappa shape index (κ1) is 12.5. The molecular formula is C14H14N2OS. The molecule has 3 N–H and O–H groups in total. The zero-order valence-electron chi connectivity index (χ0n) is 10.0. The second-order valence-electron chi connectivity index (χ2n) is 3.78. The molecule has 4 heteroatoms. The van der Waals surface area contributed by atoms with Crippen molar-refractivity contribution in [2.45, 2.75) is 4.90 Å². The predicted octanol–water partition coefficient (Wildman–Crippen LogP) is 3.24. The number of nitrogens with one attached hydrogen (secondary N) is 1. The monoisotopic (exact) mass is 258 g/mol. The van der Waals surface area contributed by atoms with Crippen molar-refractivity contribution >= 4 is 29.0 Å². The number of rotatable bonds is 3. The van der Waals surface area contributed by atoms with Gasteiger partial charge in [-0.1, -0.05) is 18.2 Å². The van der Waals surface area contributed by atoms with Crippen LogP contribution in [0.1, 0.15) is 10.4 Å². The number of nitrogens with two attached hydrogens (primary N) is 1. The second-order valence-corrected chi connectivity index (χ2v) is 4.62. The Balaban J connectivity index is 2.17. The Hall–Kier alpha value is -1.94. The number of hydrogen-bond acceptors (Lipinski definition) is 3. The first-order chi connectivity index (χ1) is 8.70. The predicted molar refractivity (Wildman–Crippen MR) is 77.0 cm³/mol. The van der Waals surface area contributed by atoms with E-state index in [1.165, 1.54) is 0 Å². The van der Waals surface area contributed by atoms with Gasteiger partial charge in [-0.05, 0) is 36.6 Å². The molecule has 0 saturated heterocycles. The van der Waals surface area contributed by atoms with Gasteiger partial charge in [-0.3, -0.25) is 4.79 Å². The highest BCUT2D eigenvalue weighted by Crippen LogP contribution is 2.23. The number of benzene rings is 2. The van der Waals surface area contributed by atoms with Gasteiger partial charge in [0.05, 0.1) is 0 Å². The van der Waals surface area contributed by atoms with E-state index in [-0.39, 0.29) is 5.91 Å². The molecule has 0 aliphatic carbocycles. The summed E-state index contributed by atoms with van der Waals surface area (Å²) >= 11 is 1.56. The lowest BCUT2D eigenvalue weighted by atomic mass is 10.2. The van der Waals surface area contributed by atoms with E-state index in [1.807, 2.05) is 42.7 Å². The molecule has 0 fully saturated rings. The fourth-order valence-electron chi connectivity index (χ4n) is 1.60. The van der Waals surface area contributed by atoms with Crippen molar-refractivity contribution in [1.82, 2.24) is 0 Å². The van der Waals surface area contributed by atoms with Crippen molar-refractivity contribution in [3.8, 4) is 0 Å². The van der Waals surface area contributed by atoms with Crippen LogP contribution in [0, 0.1) is 0 Å². The maximum absolute atomic E-state index is 12.0. The van der Waals surface area contributed by atoms with E-state index in [0.29, 0.717) is 11.3 Å². The van der Waals surface area contributed by atoms with Gasteiger partial charge in [0.15, 0.2) is 0 Å². The van der Waals surface area contributed by atoms with E-state index >= 15 is 0 Å². The highest BCUT2D eigenvalue weighted by atomic mass is 32.2. The molecule has 0 aliphatic rings. The number of hydrogen-bond donors (Lipinski definition) is 2. The normalized spacial score (nSPS) is 10.1. The third-order valence-corrected chi connectivity index (χ3v) is 3.34. The number of nitrogen functional groups attached to an aromatic ring is 1. The van der Waals surface area contributed by atoms with Crippen LogP contribution < -0.4 is 11.1 Å². The Morgan fingerprint density at radius 3 is 2.50 bits per heavy atom. The van der Waals surface area contributed by atoms with Crippen LogP contribution in [0.3, 0.4) is 0 Å². The van der Waals surface area contributed by atoms with Crippen LogP contribution in [0.25, 0.3) is 0 Å². The molecule has 1 amide bonds. The van der Waals surface area contributed by atoms with Crippen molar-refractivity contribution in [1.29, 1.82) is 0 Å². The summed E-state index contributed by atoms with van der Waals surface area (Å²) in [6, 6.07) is 14.7. The lowest BCUT2D eigenvalue weighted by Gasteiger charge is -2.07. The fraction of sp³-hybridized carbons (Fsp3) is 0.0714. The summed E-state index contributed by atoms with van der Waals surface area (Å²) in [7, 11) is 0. The van der Waals surface area contributed by atoms with Gasteiger partial charge in [-0.25, -0.2) is 0 Å². The first-order valence-corrected chi connectivity index (χ1v) is 6.73. The molecule has 2 aromatic carbocycles. The van der Waals surface area contributed by atoms with Crippen LogP contribution in [0.2, 0.25) is 0 Å². The fourth-order valence-corrected chi connectivity index (χ4v) is 2.10. The number of carbonyl (C=O) groups excluding carboxylic acids is 1. The van der Waals surface area contributed by atoms with E-state index in [0.717, 1.165) is 10.6 Å². The Morgan fingerprint density at radius 1 is 1.17 bits per heavy atom. The molecule has 18 heavy (non-hydrogen) atoms. The summed E-state index contributed by atoms with van der Waals surface area (Å²) in [4.78, 5) is 13.0. The lowest BCUT2D eigenvalue weighted by molar-refractivity contribution is 0.102. The van der Waals surface area contributed by atoms with Crippen molar-refractivity contribution in [3.63, 3.8) is 0 Å². The molecule has 0 radical (unpaired) electrons. The Morgan fingerprint density at radius 2 is 1.89 bits per heavy atom. The summed E-state index contributed by atoms with van der Waals surface area (Å²) in [5.41, 5.74) is 7.83. The summed E-state index contributed by atoms with van der Waals surface area (Å²) in [5, 5.41) is 2.82. The van der Waals surface area contributed by atoms with Gasteiger partial charge in [0.2, 0.25) is 0 Å². The quantitative estimate of drug-likeness (QED) is 0.656. The number of anilines is 2. The van der Waals surface area contributed by atoms with Crippen LogP contribution in [0.5, 0.6) is 0 Å². The third kappa shape index (κ3) is 2.84. The topological polar surface area (TPSA) is 55.1 Å². The van der Waals surface area contributed by atoms with Crippen molar-refractivity contribution in [2.75, 3.05) is 17.3 Å². The zero-order chi connectivity index (χ0) is 13.0. The maximum Gasteiger partial charge on any atom is 0.255 e. The molecule has 92 valence electrons. The van der Waals surface area contributed by atoms with E-state index in [4.69, 9.17) is 5.73 Å². The number of carbonyl (C=O) groups is 1. The number of thioether (sulfide) groups is 1. The van der Waals surface area contributed by atoms with E-state index in [2.05, 4.69) is 5.32 Å². The molecule has 0 spiro atoms. The average Bonchev–Trinajstić information content (AvgIpc) is 2.39. The van der Waals surface area contributed by atoms with Crippen LogP contribution >= 0.6 is 11.8 Å².